The van der Waals surface area contributed by atoms with E-state index < -0.39 is 17.9 Å². The number of rotatable bonds is 12. The van der Waals surface area contributed by atoms with Gasteiger partial charge in [-0.2, -0.15) is 0 Å². The van der Waals surface area contributed by atoms with Crippen molar-refractivity contribution in [2.24, 2.45) is 0 Å². The van der Waals surface area contributed by atoms with Crippen molar-refractivity contribution in [3.63, 3.8) is 0 Å². The molecule has 1 unspecified atom stereocenters. The van der Waals surface area contributed by atoms with Crippen LogP contribution in [0.1, 0.15) is 31.9 Å². The molecule has 41 heavy (non-hydrogen) atoms. The molecule has 0 saturated heterocycles. The molecule has 0 spiro atoms. The van der Waals surface area contributed by atoms with Crippen molar-refractivity contribution >= 4 is 34.9 Å². The highest BCUT2D eigenvalue weighted by Crippen LogP contribution is 2.36. The van der Waals surface area contributed by atoms with Crippen LogP contribution >= 0.6 is 0 Å². The van der Waals surface area contributed by atoms with Crippen LogP contribution in [0.25, 0.3) is 22.6 Å². The number of ether oxygens (including phenoxy) is 2. The zero-order valence-corrected chi connectivity index (χ0v) is 26.3. The number of aromatic nitrogens is 3. The van der Waals surface area contributed by atoms with E-state index in [1.807, 2.05) is 41.8 Å². The second-order valence-electron chi connectivity index (χ2n) is 11.3. The van der Waals surface area contributed by atoms with Crippen LogP contribution in [-0.4, -0.2) is 49.8 Å². The monoisotopic (exact) mass is 594 g/mol. The molecule has 2 aromatic carbocycles. The third kappa shape index (κ3) is 7.81. The predicted octanol–water partition coefficient (Wildman–Crippen LogP) is 6.19. The van der Waals surface area contributed by atoms with Gasteiger partial charge in [-0.25, -0.2) is 13.4 Å². The normalized spacial score (nSPS) is 12.8. The smallest absolute Gasteiger partial charge is 0.220 e. The first-order chi connectivity index (χ1) is 19.4. The van der Waals surface area contributed by atoms with Crippen molar-refractivity contribution in [3.8, 4) is 23.0 Å². The zero-order chi connectivity index (χ0) is 29.8. The number of imidazole rings is 1. The summed E-state index contributed by atoms with van der Waals surface area (Å²) in [5, 5.41) is 3.03. The first-order valence-corrected chi connectivity index (χ1v) is 19.3. The number of nitrogens with zero attached hydrogens (tertiary/aromatic N) is 3. The Kier molecular flexibility index (Phi) is 9.30. The average molecular weight is 595 g/mol. The van der Waals surface area contributed by atoms with E-state index in [1.54, 1.807) is 25.3 Å². The van der Waals surface area contributed by atoms with E-state index in [0.717, 1.165) is 23.4 Å². The molecule has 0 radical (unpaired) electrons. The van der Waals surface area contributed by atoms with Crippen LogP contribution in [0.15, 0.2) is 65.7 Å². The number of pyridine rings is 1. The number of hydrogen-bond acceptors (Lipinski definition) is 7. The fourth-order valence-corrected chi connectivity index (χ4v) is 5.64. The molecule has 1 N–H and O–H groups in total. The summed E-state index contributed by atoms with van der Waals surface area (Å²) in [6.45, 7) is 11.6. The Morgan fingerprint density at radius 2 is 1.83 bits per heavy atom. The Morgan fingerprint density at radius 3 is 2.44 bits per heavy atom. The Labute approximate surface area is 242 Å². The summed E-state index contributed by atoms with van der Waals surface area (Å²) in [5.41, 5.74) is 2.97. The second kappa shape index (κ2) is 12.5. The minimum atomic E-state index is -3.34. The maximum atomic E-state index is 12.3. The molecule has 2 aromatic heterocycles. The molecular weight excluding hydrogens is 557 g/mol. The highest BCUT2D eigenvalue weighted by molar-refractivity contribution is 7.90. The Hall–Kier alpha value is -3.54. The van der Waals surface area contributed by atoms with Gasteiger partial charge < -0.3 is 14.8 Å². The molecule has 4 rings (SSSR count). The van der Waals surface area contributed by atoms with Crippen LogP contribution in [0.3, 0.4) is 0 Å². The highest BCUT2D eigenvalue weighted by Gasteiger charge is 2.22. The standard InChI is InChI=1S/C30H38N4O5SSi/c1-7-29(35)32-21(2)24-18-27-26(19-28(24)39-22-11-13-23(14-12-22)40(3,36)37)33-30(25-10-8-9-15-31-25)34(27)20-38-16-17-41(4,5)6/h8-15,18-19,21H,7,16-17,20H2,1-6H3,(H,32,35). The van der Waals surface area contributed by atoms with Gasteiger partial charge in [0, 0.05) is 45.2 Å². The molecule has 2 heterocycles. The lowest BCUT2D eigenvalue weighted by molar-refractivity contribution is -0.121. The molecule has 9 nitrogen and oxygen atoms in total. The first-order valence-electron chi connectivity index (χ1n) is 13.7. The van der Waals surface area contributed by atoms with Gasteiger partial charge in [-0.1, -0.05) is 32.6 Å². The summed E-state index contributed by atoms with van der Waals surface area (Å²) < 4.78 is 38.3. The number of nitrogens with one attached hydrogen (secondary N) is 1. The number of fused-ring (bicyclic) bond motifs is 1. The third-order valence-electron chi connectivity index (χ3n) is 6.64. The molecule has 4 aromatic rings. The van der Waals surface area contributed by atoms with Gasteiger partial charge >= 0.3 is 0 Å². The van der Waals surface area contributed by atoms with Gasteiger partial charge in [-0.15, -0.1) is 0 Å². The quantitative estimate of drug-likeness (QED) is 0.154. The Balaban J connectivity index is 1.80. The molecule has 0 bridgehead atoms. The number of amides is 1. The summed E-state index contributed by atoms with van der Waals surface area (Å²) in [6.07, 6.45) is 3.24. The number of sulfone groups is 1. The lowest BCUT2D eigenvalue weighted by Gasteiger charge is -2.19. The lowest BCUT2D eigenvalue weighted by atomic mass is 10.1. The molecule has 11 heteroatoms. The Bertz CT molecular complexity index is 1610. The fourth-order valence-electron chi connectivity index (χ4n) is 4.25. The molecule has 0 fully saturated rings. The topological polar surface area (TPSA) is 112 Å². The molecule has 1 atom stereocenters. The number of carbonyl (C=O) groups excluding carboxylic acids is 1. The van der Waals surface area contributed by atoms with Gasteiger partial charge in [0.25, 0.3) is 0 Å². The summed E-state index contributed by atoms with van der Waals surface area (Å²) in [7, 11) is -4.60. The average Bonchev–Trinajstić information content (AvgIpc) is 3.27. The van der Waals surface area contributed by atoms with Crippen molar-refractivity contribution < 1.29 is 22.7 Å². The van der Waals surface area contributed by atoms with Crippen LogP contribution in [0.5, 0.6) is 11.5 Å². The molecule has 0 saturated carbocycles. The van der Waals surface area contributed by atoms with E-state index in [0.29, 0.717) is 48.3 Å². The van der Waals surface area contributed by atoms with Crippen molar-refractivity contribution in [3.05, 3.63) is 66.4 Å². The first kappa shape index (κ1) is 30.4. The molecule has 0 aliphatic carbocycles. The SMILES string of the molecule is CCC(=O)NC(C)c1cc2c(cc1Oc1ccc(S(C)(=O)=O)cc1)nc(-c1ccccn1)n2COCC[Si](C)(C)C. The predicted molar refractivity (Wildman–Crippen MR) is 164 cm³/mol. The van der Waals surface area contributed by atoms with Gasteiger partial charge in [0.1, 0.15) is 23.9 Å². The van der Waals surface area contributed by atoms with E-state index in [-0.39, 0.29) is 16.8 Å². The van der Waals surface area contributed by atoms with Crippen LogP contribution in [0, 0.1) is 0 Å². The van der Waals surface area contributed by atoms with Gasteiger partial charge in [0.2, 0.25) is 5.91 Å². The molecule has 218 valence electrons. The lowest BCUT2D eigenvalue weighted by Crippen LogP contribution is -2.26. The van der Waals surface area contributed by atoms with Gasteiger partial charge in [-0.05, 0) is 55.4 Å². The minimum absolute atomic E-state index is 0.0848. The van der Waals surface area contributed by atoms with Crippen LogP contribution in [-0.2, 0) is 26.1 Å². The molecule has 0 aliphatic heterocycles. The van der Waals surface area contributed by atoms with E-state index in [1.165, 1.54) is 12.1 Å². The number of benzene rings is 2. The third-order valence-corrected chi connectivity index (χ3v) is 9.47. The summed E-state index contributed by atoms with van der Waals surface area (Å²) in [4.78, 5) is 22.0. The van der Waals surface area contributed by atoms with Crippen molar-refractivity contribution in [2.45, 2.75) is 63.6 Å². The van der Waals surface area contributed by atoms with E-state index in [9.17, 15) is 13.2 Å². The van der Waals surface area contributed by atoms with Crippen LogP contribution in [0.4, 0.5) is 0 Å². The maximum absolute atomic E-state index is 12.3. The largest absolute Gasteiger partial charge is 0.457 e. The highest BCUT2D eigenvalue weighted by atomic mass is 32.2. The van der Waals surface area contributed by atoms with Crippen LogP contribution in [0.2, 0.25) is 25.7 Å². The molecule has 0 aliphatic rings. The molecular formula is C30H38N4O5SSi. The Morgan fingerprint density at radius 1 is 1.10 bits per heavy atom. The molecule has 1 amide bonds. The van der Waals surface area contributed by atoms with Crippen molar-refractivity contribution in [1.29, 1.82) is 0 Å². The van der Waals surface area contributed by atoms with Crippen molar-refractivity contribution in [1.82, 2.24) is 19.9 Å². The van der Waals surface area contributed by atoms with Gasteiger partial charge in [0.05, 0.1) is 22.0 Å². The van der Waals surface area contributed by atoms with Crippen LogP contribution < -0.4 is 10.1 Å². The minimum Gasteiger partial charge on any atom is -0.457 e. The van der Waals surface area contributed by atoms with Gasteiger partial charge in [-0.3, -0.25) is 14.3 Å². The number of hydrogen-bond donors (Lipinski definition) is 1. The van der Waals surface area contributed by atoms with E-state index in [2.05, 4.69) is 29.9 Å². The van der Waals surface area contributed by atoms with E-state index in [4.69, 9.17) is 14.5 Å². The van der Waals surface area contributed by atoms with E-state index >= 15 is 0 Å². The van der Waals surface area contributed by atoms with Crippen molar-refractivity contribution in [2.75, 3.05) is 12.9 Å². The second-order valence-corrected chi connectivity index (χ2v) is 18.9. The zero-order valence-electron chi connectivity index (χ0n) is 24.5. The summed E-state index contributed by atoms with van der Waals surface area (Å²) in [5.74, 6) is 1.55. The summed E-state index contributed by atoms with van der Waals surface area (Å²) >= 11 is 0. The summed E-state index contributed by atoms with van der Waals surface area (Å²) in [6, 6.07) is 16.4. The maximum Gasteiger partial charge on any atom is 0.220 e. The van der Waals surface area contributed by atoms with Gasteiger partial charge in [0.15, 0.2) is 15.7 Å². The fraction of sp³-hybridized carbons (Fsp3) is 0.367. The number of carbonyl (C=O) groups is 1.